The van der Waals surface area contributed by atoms with E-state index in [9.17, 15) is 9.90 Å². The van der Waals surface area contributed by atoms with Crippen molar-refractivity contribution in [3.8, 4) is 0 Å². The van der Waals surface area contributed by atoms with Crippen LogP contribution in [0.5, 0.6) is 0 Å². The molecule has 1 fully saturated rings. The van der Waals surface area contributed by atoms with E-state index in [1.54, 1.807) is 6.92 Å². The van der Waals surface area contributed by atoms with Gasteiger partial charge >= 0.3 is 0 Å². The van der Waals surface area contributed by atoms with Gasteiger partial charge in [0.2, 0.25) is 0 Å². The van der Waals surface area contributed by atoms with Crippen LogP contribution in [0.3, 0.4) is 0 Å². The van der Waals surface area contributed by atoms with Crippen LogP contribution in [0.15, 0.2) is 0 Å². The van der Waals surface area contributed by atoms with Crippen LogP contribution in [-0.4, -0.2) is 34.6 Å². The average molecular weight is 171 g/mol. The Morgan fingerprint density at radius 1 is 1.58 bits per heavy atom. The minimum atomic E-state index is -0.418. The zero-order valence-corrected chi connectivity index (χ0v) is 7.95. The molecule has 3 nitrogen and oxygen atoms in total. The first-order valence-corrected chi connectivity index (χ1v) is 4.46. The molecule has 1 N–H and O–H groups in total. The summed E-state index contributed by atoms with van der Waals surface area (Å²) in [5, 5.41) is 9.55. The SMILES string of the molecule is CC(=O)C1CC(O)N(C(C)C)C1. The normalized spacial score (nSPS) is 31.4. The summed E-state index contributed by atoms with van der Waals surface area (Å²) in [5.74, 6) is 0.236. The smallest absolute Gasteiger partial charge is 0.134 e. The Labute approximate surface area is 73.4 Å². The Morgan fingerprint density at radius 3 is 2.42 bits per heavy atom. The third-order valence-corrected chi connectivity index (χ3v) is 2.55. The lowest BCUT2D eigenvalue weighted by Crippen LogP contribution is -2.35. The van der Waals surface area contributed by atoms with E-state index in [2.05, 4.69) is 0 Å². The van der Waals surface area contributed by atoms with Gasteiger partial charge in [0.15, 0.2) is 0 Å². The first-order valence-electron chi connectivity index (χ1n) is 4.46. The monoisotopic (exact) mass is 171 g/mol. The molecule has 0 aromatic carbocycles. The van der Waals surface area contributed by atoms with Crippen LogP contribution < -0.4 is 0 Å². The highest BCUT2D eigenvalue weighted by atomic mass is 16.3. The van der Waals surface area contributed by atoms with Crippen molar-refractivity contribution in [3.63, 3.8) is 0 Å². The summed E-state index contributed by atoms with van der Waals surface area (Å²) in [6.45, 7) is 6.38. The maximum absolute atomic E-state index is 11.0. The Kier molecular flexibility index (Phi) is 2.85. The van der Waals surface area contributed by atoms with Crippen molar-refractivity contribution in [2.45, 2.75) is 39.5 Å². The Morgan fingerprint density at radius 2 is 2.17 bits per heavy atom. The predicted molar refractivity (Wildman–Crippen MR) is 46.6 cm³/mol. The molecule has 0 amide bonds. The summed E-state index contributed by atoms with van der Waals surface area (Å²) < 4.78 is 0. The minimum Gasteiger partial charge on any atom is -0.378 e. The molecule has 70 valence electrons. The van der Waals surface area contributed by atoms with Gasteiger partial charge in [-0.15, -0.1) is 0 Å². The second kappa shape index (κ2) is 3.54. The lowest BCUT2D eigenvalue weighted by Gasteiger charge is -2.23. The predicted octanol–water partition coefficient (Wildman–Crippen LogP) is 0.624. The van der Waals surface area contributed by atoms with E-state index < -0.39 is 6.23 Å². The molecule has 0 radical (unpaired) electrons. The zero-order chi connectivity index (χ0) is 9.30. The van der Waals surface area contributed by atoms with Crippen LogP contribution in [0.2, 0.25) is 0 Å². The Bertz CT molecular complexity index is 179. The van der Waals surface area contributed by atoms with Crippen LogP contribution in [0.25, 0.3) is 0 Å². The molecule has 0 saturated carbocycles. The molecule has 12 heavy (non-hydrogen) atoms. The number of nitrogens with zero attached hydrogens (tertiary/aromatic N) is 1. The Hall–Kier alpha value is -0.410. The highest BCUT2D eigenvalue weighted by molar-refractivity contribution is 5.78. The van der Waals surface area contributed by atoms with Crippen LogP contribution >= 0.6 is 0 Å². The summed E-state index contributed by atoms with van der Waals surface area (Å²) >= 11 is 0. The van der Waals surface area contributed by atoms with Gasteiger partial charge in [0.25, 0.3) is 0 Å². The number of ketones is 1. The molecule has 1 aliphatic rings. The number of carbonyl (C=O) groups is 1. The minimum absolute atomic E-state index is 0.0439. The fraction of sp³-hybridized carbons (Fsp3) is 0.889. The summed E-state index contributed by atoms with van der Waals surface area (Å²) in [4.78, 5) is 13.0. The molecule has 0 aromatic heterocycles. The number of aliphatic hydroxyl groups excluding tert-OH is 1. The van der Waals surface area contributed by atoms with Crippen molar-refractivity contribution in [1.82, 2.24) is 4.90 Å². The molecule has 0 aromatic rings. The summed E-state index contributed by atoms with van der Waals surface area (Å²) in [5.41, 5.74) is 0. The lowest BCUT2D eigenvalue weighted by atomic mass is 10.1. The van der Waals surface area contributed by atoms with Gasteiger partial charge in [-0.3, -0.25) is 9.69 Å². The van der Waals surface area contributed by atoms with E-state index in [4.69, 9.17) is 0 Å². The molecule has 1 rings (SSSR count). The third-order valence-electron chi connectivity index (χ3n) is 2.55. The van der Waals surface area contributed by atoms with E-state index in [0.717, 1.165) is 0 Å². The van der Waals surface area contributed by atoms with E-state index in [1.807, 2.05) is 18.7 Å². The van der Waals surface area contributed by atoms with Crippen LogP contribution in [0.4, 0.5) is 0 Å². The fourth-order valence-corrected chi connectivity index (χ4v) is 1.69. The van der Waals surface area contributed by atoms with Crippen LogP contribution in [0.1, 0.15) is 27.2 Å². The number of rotatable bonds is 2. The number of likely N-dealkylation sites (tertiary alicyclic amines) is 1. The first kappa shape index (κ1) is 9.68. The van der Waals surface area contributed by atoms with Gasteiger partial charge in [-0.2, -0.15) is 0 Å². The largest absolute Gasteiger partial charge is 0.378 e. The molecule has 1 saturated heterocycles. The molecule has 1 heterocycles. The number of carbonyl (C=O) groups excluding carboxylic acids is 1. The molecule has 0 aliphatic carbocycles. The molecule has 2 atom stereocenters. The van der Waals surface area contributed by atoms with Gasteiger partial charge in [-0.1, -0.05) is 0 Å². The van der Waals surface area contributed by atoms with Crippen molar-refractivity contribution < 1.29 is 9.90 Å². The van der Waals surface area contributed by atoms with Gasteiger partial charge in [-0.05, 0) is 27.2 Å². The van der Waals surface area contributed by atoms with Crippen molar-refractivity contribution in [1.29, 1.82) is 0 Å². The highest BCUT2D eigenvalue weighted by Crippen LogP contribution is 2.23. The first-order chi connectivity index (χ1) is 5.52. The van der Waals surface area contributed by atoms with Crippen LogP contribution in [-0.2, 0) is 4.79 Å². The average Bonchev–Trinajstić information content (AvgIpc) is 2.30. The zero-order valence-electron chi connectivity index (χ0n) is 7.95. The standard InChI is InChI=1S/C9H17NO2/c1-6(2)10-5-8(7(3)11)4-9(10)12/h6,8-9,12H,4-5H2,1-3H3. The second-order valence-corrected chi connectivity index (χ2v) is 3.81. The highest BCUT2D eigenvalue weighted by Gasteiger charge is 2.34. The van der Waals surface area contributed by atoms with Gasteiger partial charge in [-0.25, -0.2) is 0 Å². The van der Waals surface area contributed by atoms with Crippen molar-refractivity contribution in [2.24, 2.45) is 5.92 Å². The second-order valence-electron chi connectivity index (χ2n) is 3.81. The fourth-order valence-electron chi connectivity index (χ4n) is 1.69. The topological polar surface area (TPSA) is 40.5 Å². The number of hydrogen-bond acceptors (Lipinski definition) is 3. The van der Waals surface area contributed by atoms with Gasteiger partial charge < -0.3 is 5.11 Å². The molecule has 2 unspecified atom stereocenters. The quantitative estimate of drug-likeness (QED) is 0.662. The molecule has 0 bridgehead atoms. The van der Waals surface area contributed by atoms with E-state index in [1.165, 1.54) is 0 Å². The molecule has 3 heteroatoms. The lowest BCUT2D eigenvalue weighted by molar-refractivity contribution is -0.120. The van der Waals surface area contributed by atoms with Gasteiger partial charge in [0.05, 0.1) is 0 Å². The van der Waals surface area contributed by atoms with Gasteiger partial charge in [0, 0.05) is 18.5 Å². The number of Topliss-reactive ketones (excluding diaryl/α,β-unsaturated/α-hetero) is 1. The third kappa shape index (κ3) is 1.84. The van der Waals surface area contributed by atoms with E-state index in [0.29, 0.717) is 19.0 Å². The maximum Gasteiger partial charge on any atom is 0.134 e. The Balaban J connectivity index is 2.56. The summed E-state index contributed by atoms with van der Waals surface area (Å²) in [6.07, 6.45) is 0.187. The van der Waals surface area contributed by atoms with E-state index in [-0.39, 0.29) is 11.7 Å². The summed E-state index contributed by atoms with van der Waals surface area (Å²) in [6, 6.07) is 0.323. The molecular formula is C9H17NO2. The molecule has 1 aliphatic heterocycles. The molecular weight excluding hydrogens is 154 g/mol. The molecule has 0 spiro atoms. The number of aliphatic hydroxyl groups is 1. The van der Waals surface area contributed by atoms with Crippen molar-refractivity contribution in [2.75, 3.05) is 6.54 Å². The maximum atomic E-state index is 11.0. The van der Waals surface area contributed by atoms with Crippen LogP contribution in [0, 0.1) is 5.92 Å². The van der Waals surface area contributed by atoms with Crippen molar-refractivity contribution in [3.05, 3.63) is 0 Å². The summed E-state index contributed by atoms with van der Waals surface area (Å²) in [7, 11) is 0. The van der Waals surface area contributed by atoms with Crippen molar-refractivity contribution >= 4 is 5.78 Å². The van der Waals surface area contributed by atoms with E-state index >= 15 is 0 Å². The number of hydrogen-bond donors (Lipinski definition) is 1. The van der Waals surface area contributed by atoms with Gasteiger partial charge in [0.1, 0.15) is 12.0 Å².